The second-order valence-electron chi connectivity index (χ2n) is 6.73. The van der Waals surface area contributed by atoms with Crippen molar-refractivity contribution in [2.24, 2.45) is 5.73 Å². The van der Waals surface area contributed by atoms with Crippen LogP contribution < -0.4 is 16.4 Å². The number of nitrogens with two attached hydrogens (primary N) is 1. The Hall–Kier alpha value is -4.46. The van der Waals surface area contributed by atoms with Gasteiger partial charge in [-0.2, -0.15) is 0 Å². The van der Waals surface area contributed by atoms with Crippen molar-refractivity contribution in [2.45, 2.75) is 0 Å². The van der Waals surface area contributed by atoms with Gasteiger partial charge in [0.25, 0.3) is 11.8 Å². The summed E-state index contributed by atoms with van der Waals surface area (Å²) in [6.45, 7) is -0.270. The third-order valence-electron chi connectivity index (χ3n) is 4.54. The third-order valence-corrected chi connectivity index (χ3v) is 4.54. The molecule has 4 rings (SSSR count). The first-order valence-corrected chi connectivity index (χ1v) is 9.43. The number of pyridine rings is 1. The van der Waals surface area contributed by atoms with Gasteiger partial charge >= 0.3 is 0 Å². The fraction of sp³-hybridized carbons (Fsp3) is 0.0435. The Morgan fingerprint density at radius 1 is 0.935 bits per heavy atom. The maximum Gasteiger partial charge on any atom is 0.256 e. The minimum absolute atomic E-state index is 0.270. The highest BCUT2D eigenvalue weighted by Gasteiger charge is 2.16. The number of rotatable bonds is 6. The number of nitrogens with one attached hydrogen (secondary N) is 2. The first kappa shape index (κ1) is 19.8. The molecule has 0 bridgehead atoms. The monoisotopic (exact) mass is 414 g/mol. The van der Waals surface area contributed by atoms with Crippen molar-refractivity contribution in [3.8, 4) is 11.5 Å². The third kappa shape index (κ3) is 4.43. The van der Waals surface area contributed by atoms with Gasteiger partial charge in [-0.1, -0.05) is 24.3 Å². The molecule has 0 saturated carbocycles. The highest BCUT2D eigenvalue weighted by molar-refractivity contribution is 6.13. The molecule has 4 aromatic rings. The Balaban J connectivity index is 1.64. The smallest absolute Gasteiger partial charge is 0.256 e. The molecule has 0 aliphatic carbocycles. The lowest BCUT2D eigenvalue weighted by Gasteiger charge is -2.11. The summed E-state index contributed by atoms with van der Waals surface area (Å²) in [5.74, 6) is -0.923. The van der Waals surface area contributed by atoms with Gasteiger partial charge in [0.15, 0.2) is 5.76 Å². The van der Waals surface area contributed by atoms with Gasteiger partial charge in [0.2, 0.25) is 5.91 Å². The molecule has 0 atom stereocenters. The summed E-state index contributed by atoms with van der Waals surface area (Å²) in [7, 11) is 0. The van der Waals surface area contributed by atoms with Crippen molar-refractivity contribution in [1.29, 1.82) is 0 Å². The second kappa shape index (κ2) is 8.50. The van der Waals surface area contributed by atoms with Crippen molar-refractivity contribution < 1.29 is 18.8 Å². The average Bonchev–Trinajstić information content (AvgIpc) is 3.32. The number of carbonyl (C=O) groups excluding carboxylic acids is 3. The molecule has 3 amide bonds. The summed E-state index contributed by atoms with van der Waals surface area (Å²) in [5, 5.41) is 5.91. The van der Waals surface area contributed by atoms with E-state index in [2.05, 4.69) is 15.6 Å². The van der Waals surface area contributed by atoms with E-state index in [-0.39, 0.29) is 18.0 Å². The van der Waals surface area contributed by atoms with Crippen LogP contribution in [0.2, 0.25) is 0 Å². The number of hydrogen-bond donors (Lipinski definition) is 3. The number of primary amides is 1. The SMILES string of the molecule is NC(=O)CNC(=O)c1cccc(NC(=O)c2cc(-c3ccco3)nc3ccccc23)c1. The maximum atomic E-state index is 13.1. The highest BCUT2D eigenvalue weighted by atomic mass is 16.3. The van der Waals surface area contributed by atoms with Crippen LogP contribution >= 0.6 is 0 Å². The summed E-state index contributed by atoms with van der Waals surface area (Å²) in [5.41, 5.74) is 7.37. The van der Waals surface area contributed by atoms with Crippen molar-refractivity contribution in [1.82, 2.24) is 10.3 Å². The Bertz CT molecular complexity index is 1280. The lowest BCUT2D eigenvalue weighted by Crippen LogP contribution is -2.33. The van der Waals surface area contributed by atoms with Gasteiger partial charge in [-0.3, -0.25) is 14.4 Å². The fourth-order valence-corrected chi connectivity index (χ4v) is 3.12. The summed E-state index contributed by atoms with van der Waals surface area (Å²) in [4.78, 5) is 40.7. The molecule has 154 valence electrons. The molecule has 2 aromatic heterocycles. The predicted molar refractivity (Wildman–Crippen MR) is 115 cm³/mol. The minimum atomic E-state index is -0.644. The number of aromatic nitrogens is 1. The number of nitrogens with zero attached hydrogens (tertiary/aromatic N) is 1. The van der Waals surface area contributed by atoms with Crippen molar-refractivity contribution in [3.05, 3.63) is 84.1 Å². The molecule has 0 unspecified atom stereocenters. The highest BCUT2D eigenvalue weighted by Crippen LogP contribution is 2.26. The molecule has 0 aliphatic heterocycles. The van der Waals surface area contributed by atoms with Crippen LogP contribution in [0.5, 0.6) is 0 Å². The lowest BCUT2D eigenvalue weighted by atomic mass is 10.1. The van der Waals surface area contributed by atoms with Crippen LogP contribution in [0.4, 0.5) is 5.69 Å². The molecule has 0 saturated heterocycles. The molecule has 8 heteroatoms. The van der Waals surface area contributed by atoms with Crippen LogP contribution in [0.1, 0.15) is 20.7 Å². The lowest BCUT2D eigenvalue weighted by molar-refractivity contribution is -0.117. The number of furan rings is 1. The molecule has 0 aliphatic rings. The van der Waals surface area contributed by atoms with E-state index in [4.69, 9.17) is 10.2 Å². The number of benzene rings is 2. The Morgan fingerprint density at radius 2 is 1.77 bits per heavy atom. The summed E-state index contributed by atoms with van der Waals surface area (Å²) in [6.07, 6.45) is 1.54. The first-order chi connectivity index (χ1) is 15.0. The van der Waals surface area contributed by atoms with E-state index in [1.165, 1.54) is 6.07 Å². The van der Waals surface area contributed by atoms with E-state index >= 15 is 0 Å². The maximum absolute atomic E-state index is 13.1. The quantitative estimate of drug-likeness (QED) is 0.447. The first-order valence-electron chi connectivity index (χ1n) is 9.43. The number of carbonyl (C=O) groups is 3. The van der Waals surface area contributed by atoms with Gasteiger partial charge in [0.05, 0.1) is 23.9 Å². The van der Waals surface area contributed by atoms with Crippen LogP contribution in [-0.2, 0) is 4.79 Å². The van der Waals surface area contributed by atoms with Crippen LogP contribution in [0, 0.1) is 0 Å². The van der Waals surface area contributed by atoms with E-state index < -0.39 is 11.8 Å². The molecule has 31 heavy (non-hydrogen) atoms. The topological polar surface area (TPSA) is 127 Å². The van der Waals surface area contributed by atoms with Crippen LogP contribution in [-0.4, -0.2) is 29.3 Å². The van der Waals surface area contributed by atoms with Gasteiger partial charge in [-0.05, 0) is 42.5 Å². The molecule has 2 aromatic carbocycles. The standard InChI is InChI=1S/C23H18N4O4/c24-21(28)13-25-22(29)14-5-3-6-15(11-14)26-23(30)17-12-19(20-9-4-10-31-20)27-18-8-2-1-7-16(17)18/h1-12H,13H2,(H2,24,28)(H,25,29)(H,26,30). The van der Waals surface area contributed by atoms with Gasteiger partial charge in [-0.25, -0.2) is 4.98 Å². The predicted octanol–water partition coefficient (Wildman–Crippen LogP) is 2.96. The van der Waals surface area contributed by atoms with Crippen LogP contribution in [0.25, 0.3) is 22.4 Å². The molecular formula is C23H18N4O4. The van der Waals surface area contributed by atoms with Gasteiger partial charge in [0.1, 0.15) is 5.69 Å². The van der Waals surface area contributed by atoms with E-state index in [1.807, 2.05) is 24.3 Å². The molecule has 2 heterocycles. The van der Waals surface area contributed by atoms with Gasteiger partial charge in [0, 0.05) is 16.6 Å². The Morgan fingerprint density at radius 3 is 2.55 bits per heavy atom. The summed E-state index contributed by atoms with van der Waals surface area (Å²) >= 11 is 0. The zero-order valence-electron chi connectivity index (χ0n) is 16.3. The molecule has 4 N–H and O–H groups in total. The minimum Gasteiger partial charge on any atom is -0.463 e. The molecular weight excluding hydrogens is 396 g/mol. The van der Waals surface area contributed by atoms with E-state index in [1.54, 1.807) is 42.7 Å². The average molecular weight is 414 g/mol. The number of fused-ring (bicyclic) bond motifs is 1. The van der Waals surface area contributed by atoms with E-state index in [0.29, 0.717) is 33.6 Å². The normalized spacial score (nSPS) is 10.6. The Kier molecular flexibility index (Phi) is 5.44. The van der Waals surface area contributed by atoms with Crippen LogP contribution in [0.15, 0.2) is 77.4 Å². The number of amides is 3. The zero-order valence-corrected chi connectivity index (χ0v) is 16.3. The number of para-hydroxylation sites is 1. The molecule has 0 radical (unpaired) electrons. The van der Waals surface area contributed by atoms with Crippen molar-refractivity contribution in [2.75, 3.05) is 11.9 Å². The fourth-order valence-electron chi connectivity index (χ4n) is 3.12. The molecule has 0 fully saturated rings. The Labute approximate surface area is 177 Å². The zero-order chi connectivity index (χ0) is 21.8. The largest absolute Gasteiger partial charge is 0.463 e. The number of hydrogen-bond acceptors (Lipinski definition) is 5. The number of anilines is 1. The summed E-state index contributed by atoms with van der Waals surface area (Å²) in [6, 6.07) is 18.9. The van der Waals surface area contributed by atoms with Crippen molar-refractivity contribution >= 4 is 34.3 Å². The van der Waals surface area contributed by atoms with E-state index in [0.717, 1.165) is 0 Å². The second-order valence-corrected chi connectivity index (χ2v) is 6.73. The van der Waals surface area contributed by atoms with Crippen molar-refractivity contribution in [3.63, 3.8) is 0 Å². The molecule has 0 spiro atoms. The van der Waals surface area contributed by atoms with E-state index in [9.17, 15) is 14.4 Å². The van der Waals surface area contributed by atoms with Gasteiger partial charge in [-0.15, -0.1) is 0 Å². The summed E-state index contributed by atoms with van der Waals surface area (Å²) < 4.78 is 5.43. The van der Waals surface area contributed by atoms with Crippen LogP contribution in [0.3, 0.4) is 0 Å². The molecule has 8 nitrogen and oxygen atoms in total. The van der Waals surface area contributed by atoms with Gasteiger partial charge < -0.3 is 20.8 Å².